The van der Waals surface area contributed by atoms with Gasteiger partial charge in [0, 0.05) is 41.6 Å². The number of hydrogen-bond donors (Lipinski definition) is 2. The maximum absolute atomic E-state index is 12.5. The molecule has 0 radical (unpaired) electrons. The first kappa shape index (κ1) is 15.3. The van der Waals surface area contributed by atoms with Gasteiger partial charge in [-0.1, -0.05) is 12.1 Å². The Morgan fingerprint density at radius 3 is 2.96 bits per heavy atom. The number of rotatable bonds is 4. The van der Waals surface area contributed by atoms with Crippen LogP contribution >= 0.6 is 11.3 Å². The van der Waals surface area contributed by atoms with E-state index in [2.05, 4.69) is 25.6 Å². The summed E-state index contributed by atoms with van der Waals surface area (Å²) in [5, 5.41) is 16.4. The Labute approximate surface area is 147 Å². The summed E-state index contributed by atoms with van der Waals surface area (Å²) in [5.41, 5.74) is 3.82. The summed E-state index contributed by atoms with van der Waals surface area (Å²) in [6.07, 6.45) is 5.29. The van der Waals surface area contributed by atoms with Crippen molar-refractivity contribution in [1.82, 2.24) is 25.0 Å². The Balaban J connectivity index is 1.53. The minimum absolute atomic E-state index is 0.242. The van der Waals surface area contributed by atoms with E-state index in [-0.39, 0.29) is 5.91 Å². The summed E-state index contributed by atoms with van der Waals surface area (Å²) >= 11 is 1.42. The molecule has 0 saturated heterocycles. The second kappa shape index (κ2) is 6.33. The number of aryl methyl sites for hydroxylation is 1. The van der Waals surface area contributed by atoms with Gasteiger partial charge < -0.3 is 5.32 Å². The number of aromatic amines is 1. The van der Waals surface area contributed by atoms with Crippen LogP contribution in [-0.2, 0) is 7.05 Å². The quantitative estimate of drug-likeness (QED) is 0.592. The van der Waals surface area contributed by atoms with E-state index in [1.54, 1.807) is 22.5 Å². The van der Waals surface area contributed by atoms with Gasteiger partial charge in [-0.15, -0.1) is 11.3 Å². The molecule has 124 valence electrons. The molecule has 1 aromatic carbocycles. The first-order valence-corrected chi connectivity index (χ1v) is 8.43. The lowest BCUT2D eigenvalue weighted by Gasteiger charge is -2.05. The fourth-order valence-corrected chi connectivity index (χ4v) is 3.19. The molecule has 4 rings (SSSR count). The highest BCUT2D eigenvalue weighted by atomic mass is 32.1. The average Bonchev–Trinajstić information content (AvgIpc) is 3.36. The molecule has 0 spiro atoms. The molecule has 0 aliphatic carbocycles. The molecule has 0 atom stereocenters. The van der Waals surface area contributed by atoms with E-state index < -0.39 is 0 Å². The maximum Gasteiger partial charge on any atom is 0.275 e. The van der Waals surface area contributed by atoms with Gasteiger partial charge in [0.05, 0.1) is 11.9 Å². The van der Waals surface area contributed by atoms with Crippen molar-refractivity contribution in [2.75, 3.05) is 5.32 Å². The number of anilines is 1. The zero-order chi connectivity index (χ0) is 17.2. The van der Waals surface area contributed by atoms with Gasteiger partial charge in [-0.05, 0) is 18.2 Å². The smallest absolute Gasteiger partial charge is 0.275 e. The van der Waals surface area contributed by atoms with E-state index in [0.717, 1.165) is 21.8 Å². The highest BCUT2D eigenvalue weighted by molar-refractivity contribution is 7.13. The zero-order valence-corrected chi connectivity index (χ0v) is 14.1. The van der Waals surface area contributed by atoms with Crippen LogP contribution in [0.5, 0.6) is 0 Å². The molecule has 25 heavy (non-hydrogen) atoms. The minimum Gasteiger partial charge on any atom is -0.321 e. The zero-order valence-electron chi connectivity index (χ0n) is 13.3. The summed E-state index contributed by atoms with van der Waals surface area (Å²) in [6, 6.07) is 9.44. The van der Waals surface area contributed by atoms with E-state index in [1.165, 1.54) is 11.3 Å². The Morgan fingerprint density at radius 2 is 2.20 bits per heavy atom. The molecule has 3 aromatic heterocycles. The second-order valence-electron chi connectivity index (χ2n) is 5.45. The number of H-pyrrole nitrogens is 1. The van der Waals surface area contributed by atoms with Gasteiger partial charge in [-0.2, -0.15) is 10.2 Å². The topological polar surface area (TPSA) is 88.5 Å². The molecule has 0 saturated carbocycles. The molecule has 0 fully saturated rings. The van der Waals surface area contributed by atoms with Crippen molar-refractivity contribution in [3.05, 3.63) is 60.0 Å². The number of aromatic nitrogens is 5. The van der Waals surface area contributed by atoms with E-state index in [1.807, 2.05) is 43.6 Å². The number of nitrogens with one attached hydrogen (secondary N) is 2. The van der Waals surface area contributed by atoms with Gasteiger partial charge in [0.1, 0.15) is 10.7 Å². The molecule has 0 bridgehead atoms. The lowest BCUT2D eigenvalue weighted by molar-refractivity contribution is 0.102. The number of amides is 1. The van der Waals surface area contributed by atoms with Crippen molar-refractivity contribution in [3.63, 3.8) is 0 Å². The van der Waals surface area contributed by atoms with E-state index >= 15 is 0 Å². The Bertz CT molecular complexity index is 1020. The number of benzene rings is 1. The monoisotopic (exact) mass is 350 g/mol. The van der Waals surface area contributed by atoms with Crippen molar-refractivity contribution in [2.45, 2.75) is 0 Å². The van der Waals surface area contributed by atoms with Gasteiger partial charge in [-0.25, -0.2) is 4.98 Å². The predicted molar refractivity (Wildman–Crippen MR) is 96.3 cm³/mol. The second-order valence-corrected chi connectivity index (χ2v) is 6.30. The third kappa shape index (κ3) is 3.20. The summed E-state index contributed by atoms with van der Waals surface area (Å²) < 4.78 is 1.71. The van der Waals surface area contributed by atoms with Crippen LogP contribution in [0.25, 0.3) is 21.8 Å². The molecule has 3 heterocycles. The Hall–Kier alpha value is -3.26. The number of hydrogen-bond acceptors (Lipinski definition) is 5. The van der Waals surface area contributed by atoms with Gasteiger partial charge in [0.25, 0.3) is 5.91 Å². The SMILES string of the molecule is Cn1cc(-c2nc(C(=O)Nc3cccc(-c4ccn[nH]4)c3)cs2)cn1. The van der Waals surface area contributed by atoms with Gasteiger partial charge >= 0.3 is 0 Å². The molecule has 2 N–H and O–H groups in total. The van der Waals surface area contributed by atoms with Crippen molar-refractivity contribution >= 4 is 22.9 Å². The fourth-order valence-electron chi connectivity index (χ4n) is 2.42. The van der Waals surface area contributed by atoms with Crippen molar-refractivity contribution in [3.8, 4) is 21.8 Å². The summed E-state index contributed by atoms with van der Waals surface area (Å²) in [6.45, 7) is 0. The van der Waals surface area contributed by atoms with Crippen LogP contribution in [0.3, 0.4) is 0 Å². The van der Waals surface area contributed by atoms with Crippen LogP contribution in [0.1, 0.15) is 10.5 Å². The summed E-state index contributed by atoms with van der Waals surface area (Å²) in [5.74, 6) is -0.242. The molecule has 1 amide bonds. The predicted octanol–water partition coefficient (Wildman–Crippen LogP) is 3.19. The van der Waals surface area contributed by atoms with Crippen LogP contribution in [-0.4, -0.2) is 30.9 Å². The van der Waals surface area contributed by atoms with E-state index in [4.69, 9.17) is 0 Å². The minimum atomic E-state index is -0.242. The molecular weight excluding hydrogens is 336 g/mol. The van der Waals surface area contributed by atoms with Crippen LogP contribution in [0.4, 0.5) is 5.69 Å². The standard InChI is InChI=1S/C17H14N6OS/c1-23-9-12(8-19-23)17-21-15(10-25-17)16(24)20-13-4-2-3-11(7-13)14-5-6-18-22-14/h2-10H,1H3,(H,18,22)(H,20,24). The van der Waals surface area contributed by atoms with E-state index in [0.29, 0.717) is 11.4 Å². The van der Waals surface area contributed by atoms with Crippen LogP contribution < -0.4 is 5.32 Å². The molecular formula is C17H14N6OS. The van der Waals surface area contributed by atoms with Crippen LogP contribution in [0.15, 0.2) is 54.3 Å². The largest absolute Gasteiger partial charge is 0.321 e. The maximum atomic E-state index is 12.5. The lowest BCUT2D eigenvalue weighted by atomic mass is 10.1. The summed E-state index contributed by atoms with van der Waals surface area (Å²) in [7, 11) is 1.84. The molecule has 0 aliphatic rings. The number of nitrogens with zero attached hydrogens (tertiary/aromatic N) is 4. The van der Waals surface area contributed by atoms with Gasteiger partial charge in [0.2, 0.25) is 0 Å². The molecule has 7 nitrogen and oxygen atoms in total. The van der Waals surface area contributed by atoms with Crippen LogP contribution in [0.2, 0.25) is 0 Å². The summed E-state index contributed by atoms with van der Waals surface area (Å²) in [4.78, 5) is 16.9. The number of carbonyl (C=O) groups excluding carboxylic acids is 1. The molecule has 4 aromatic rings. The molecule has 8 heteroatoms. The van der Waals surface area contributed by atoms with Gasteiger partial charge in [-0.3, -0.25) is 14.6 Å². The first-order valence-electron chi connectivity index (χ1n) is 7.55. The van der Waals surface area contributed by atoms with Crippen molar-refractivity contribution < 1.29 is 4.79 Å². The Morgan fingerprint density at radius 1 is 1.28 bits per heavy atom. The fraction of sp³-hybridized carbons (Fsp3) is 0.0588. The van der Waals surface area contributed by atoms with Crippen LogP contribution in [0, 0.1) is 0 Å². The molecule has 0 unspecified atom stereocenters. The molecule has 0 aliphatic heterocycles. The first-order chi connectivity index (χ1) is 12.2. The normalized spacial score (nSPS) is 10.8. The average molecular weight is 350 g/mol. The highest BCUT2D eigenvalue weighted by Crippen LogP contribution is 2.24. The van der Waals surface area contributed by atoms with Crippen molar-refractivity contribution in [1.29, 1.82) is 0 Å². The van der Waals surface area contributed by atoms with E-state index in [9.17, 15) is 4.79 Å². The number of carbonyl (C=O) groups is 1. The number of thiazole rings is 1. The third-order valence-electron chi connectivity index (χ3n) is 3.62. The third-order valence-corrected chi connectivity index (χ3v) is 4.51. The Kier molecular flexibility index (Phi) is 3.87. The lowest BCUT2D eigenvalue weighted by Crippen LogP contribution is -2.12. The highest BCUT2D eigenvalue weighted by Gasteiger charge is 2.13. The van der Waals surface area contributed by atoms with Gasteiger partial charge in [0.15, 0.2) is 0 Å². The van der Waals surface area contributed by atoms with Crippen molar-refractivity contribution in [2.24, 2.45) is 7.05 Å².